The van der Waals surface area contributed by atoms with Gasteiger partial charge in [-0.3, -0.25) is 4.79 Å². The van der Waals surface area contributed by atoms with Crippen molar-refractivity contribution in [1.82, 2.24) is 5.32 Å². The van der Waals surface area contributed by atoms with E-state index in [1.54, 1.807) is 0 Å². The van der Waals surface area contributed by atoms with Crippen LogP contribution in [0.4, 0.5) is 5.69 Å². The molecular weight excluding hydrogens is 300 g/mol. The molecule has 0 aromatic heterocycles. The summed E-state index contributed by atoms with van der Waals surface area (Å²) < 4.78 is 0. The lowest BCUT2D eigenvalue weighted by molar-refractivity contribution is -0.148. The minimum atomic E-state index is -0.660. The van der Waals surface area contributed by atoms with E-state index in [1.165, 1.54) is 0 Å². The Labute approximate surface area is 144 Å². The van der Waals surface area contributed by atoms with Crippen LogP contribution in [0.5, 0.6) is 0 Å². The van der Waals surface area contributed by atoms with Gasteiger partial charge in [0.15, 0.2) is 0 Å². The fourth-order valence-corrected chi connectivity index (χ4v) is 5.49. The van der Waals surface area contributed by atoms with Gasteiger partial charge in [0, 0.05) is 11.7 Å². The van der Waals surface area contributed by atoms with E-state index in [2.05, 4.69) is 10.6 Å². The number of para-hydroxylation sites is 1. The number of aliphatic hydroxyl groups is 1. The molecular formula is C20H28N2O2. The van der Waals surface area contributed by atoms with E-state index >= 15 is 0 Å². The van der Waals surface area contributed by atoms with Crippen molar-refractivity contribution >= 4 is 11.6 Å². The molecule has 5 rings (SSSR count). The molecule has 3 unspecified atom stereocenters. The Hall–Kier alpha value is -1.55. The Morgan fingerprint density at radius 3 is 2.33 bits per heavy atom. The molecule has 1 aromatic carbocycles. The number of benzene rings is 1. The number of nitrogens with one attached hydrogen (secondary N) is 2. The molecule has 4 fully saturated rings. The predicted octanol–water partition coefficient (Wildman–Crippen LogP) is 2.93. The van der Waals surface area contributed by atoms with Crippen molar-refractivity contribution in [2.45, 2.75) is 63.1 Å². The Bertz CT molecular complexity index is 612. The van der Waals surface area contributed by atoms with Gasteiger partial charge in [-0.15, -0.1) is 0 Å². The van der Waals surface area contributed by atoms with Gasteiger partial charge >= 0.3 is 0 Å². The molecule has 0 spiro atoms. The number of anilines is 1. The van der Waals surface area contributed by atoms with Crippen molar-refractivity contribution in [2.75, 3.05) is 5.32 Å². The van der Waals surface area contributed by atoms with Crippen LogP contribution in [0, 0.1) is 17.8 Å². The number of amides is 1. The zero-order valence-electron chi connectivity index (χ0n) is 14.6. The maximum atomic E-state index is 12.9. The van der Waals surface area contributed by atoms with Gasteiger partial charge in [-0.05, 0) is 75.8 Å². The molecule has 4 bridgehead atoms. The molecule has 4 aliphatic carbocycles. The molecule has 0 radical (unpaired) electrons. The number of carbonyl (C=O) groups excluding carboxylic acids is 1. The summed E-state index contributed by atoms with van der Waals surface area (Å²) in [4.78, 5) is 12.9. The Balaban J connectivity index is 1.44. The molecule has 1 amide bonds. The van der Waals surface area contributed by atoms with Gasteiger partial charge in [0.1, 0.15) is 5.54 Å². The molecule has 4 nitrogen and oxygen atoms in total. The van der Waals surface area contributed by atoms with Crippen molar-refractivity contribution in [2.24, 2.45) is 17.8 Å². The van der Waals surface area contributed by atoms with E-state index in [1.807, 2.05) is 44.2 Å². The predicted molar refractivity (Wildman–Crippen MR) is 94.6 cm³/mol. The summed E-state index contributed by atoms with van der Waals surface area (Å²) in [6.45, 7) is 3.86. The maximum absolute atomic E-state index is 12.9. The van der Waals surface area contributed by atoms with Crippen LogP contribution in [-0.2, 0) is 4.79 Å². The Morgan fingerprint density at radius 1 is 1.12 bits per heavy atom. The first-order chi connectivity index (χ1) is 11.3. The highest BCUT2D eigenvalue weighted by molar-refractivity contribution is 5.88. The molecule has 0 heterocycles. The summed E-state index contributed by atoms with van der Waals surface area (Å²) in [5, 5.41) is 17.3. The fraction of sp³-hybridized carbons (Fsp3) is 0.650. The van der Waals surface area contributed by atoms with Crippen LogP contribution >= 0.6 is 0 Å². The molecule has 4 heteroatoms. The highest BCUT2D eigenvalue weighted by Gasteiger charge is 2.55. The molecule has 0 saturated heterocycles. The summed E-state index contributed by atoms with van der Waals surface area (Å²) in [5.41, 5.74) is -0.153. The van der Waals surface area contributed by atoms with Gasteiger partial charge < -0.3 is 15.7 Å². The van der Waals surface area contributed by atoms with Gasteiger partial charge in [0.2, 0.25) is 5.91 Å². The second kappa shape index (κ2) is 5.48. The lowest BCUT2D eigenvalue weighted by Crippen LogP contribution is -2.63. The Kier molecular flexibility index (Phi) is 3.64. The molecule has 0 aliphatic heterocycles. The van der Waals surface area contributed by atoms with Gasteiger partial charge in [0.05, 0.1) is 5.60 Å². The van der Waals surface area contributed by atoms with Crippen LogP contribution in [-0.4, -0.2) is 28.2 Å². The minimum absolute atomic E-state index is 0.0517. The third kappa shape index (κ3) is 2.81. The molecule has 3 N–H and O–H groups in total. The zero-order chi connectivity index (χ0) is 16.9. The van der Waals surface area contributed by atoms with E-state index in [4.69, 9.17) is 0 Å². The average molecular weight is 328 g/mol. The third-order valence-electron chi connectivity index (χ3n) is 6.34. The van der Waals surface area contributed by atoms with Crippen LogP contribution < -0.4 is 10.6 Å². The zero-order valence-corrected chi connectivity index (χ0v) is 14.6. The van der Waals surface area contributed by atoms with Crippen molar-refractivity contribution in [1.29, 1.82) is 0 Å². The molecule has 4 saturated carbocycles. The summed E-state index contributed by atoms with van der Waals surface area (Å²) in [6.07, 6.45) is 5.02. The van der Waals surface area contributed by atoms with Crippen molar-refractivity contribution in [3.8, 4) is 0 Å². The number of hydrogen-bond acceptors (Lipinski definition) is 3. The molecule has 5 atom stereocenters. The molecule has 1 aromatic rings. The van der Waals surface area contributed by atoms with Crippen LogP contribution in [0.25, 0.3) is 0 Å². The summed E-state index contributed by atoms with van der Waals surface area (Å²) >= 11 is 0. The smallest absolute Gasteiger partial charge is 0.245 e. The largest absolute Gasteiger partial charge is 0.390 e. The highest BCUT2D eigenvalue weighted by Crippen LogP contribution is 2.55. The molecule has 130 valence electrons. The number of hydrogen-bond donors (Lipinski definition) is 3. The fourth-order valence-electron chi connectivity index (χ4n) is 5.49. The van der Waals surface area contributed by atoms with Crippen LogP contribution in [0.2, 0.25) is 0 Å². The summed E-state index contributed by atoms with van der Waals surface area (Å²) in [5.74, 6) is 1.60. The maximum Gasteiger partial charge on any atom is 0.245 e. The second-order valence-corrected chi connectivity index (χ2v) is 8.81. The van der Waals surface area contributed by atoms with E-state index in [0.29, 0.717) is 17.8 Å². The number of carbonyl (C=O) groups is 1. The minimum Gasteiger partial charge on any atom is -0.390 e. The van der Waals surface area contributed by atoms with Crippen LogP contribution in [0.3, 0.4) is 0 Å². The van der Waals surface area contributed by atoms with Crippen molar-refractivity contribution in [3.63, 3.8) is 0 Å². The standard InChI is InChI=1S/C20H28N2O2/c1-19(2,22-16-6-4-3-5-7-16)18(23)21-17-14-8-13-9-15(17)12-20(24,10-13)11-14/h3-7,13-15,17,22,24H,8-12H2,1-2H3,(H,21,23)/t13?,14-,15+,17?,20?. The van der Waals surface area contributed by atoms with Crippen molar-refractivity contribution < 1.29 is 9.90 Å². The van der Waals surface area contributed by atoms with Gasteiger partial charge in [-0.1, -0.05) is 18.2 Å². The van der Waals surface area contributed by atoms with E-state index < -0.39 is 11.1 Å². The topological polar surface area (TPSA) is 61.4 Å². The van der Waals surface area contributed by atoms with Gasteiger partial charge in [0.25, 0.3) is 0 Å². The van der Waals surface area contributed by atoms with E-state index in [0.717, 1.165) is 37.8 Å². The normalized spacial score (nSPS) is 37.3. The third-order valence-corrected chi connectivity index (χ3v) is 6.34. The van der Waals surface area contributed by atoms with Gasteiger partial charge in [-0.2, -0.15) is 0 Å². The summed E-state index contributed by atoms with van der Waals surface area (Å²) in [6, 6.07) is 10.1. The van der Waals surface area contributed by atoms with E-state index in [-0.39, 0.29) is 11.9 Å². The molecule has 4 aliphatic rings. The lowest BCUT2D eigenvalue weighted by atomic mass is 9.52. The first-order valence-corrected chi connectivity index (χ1v) is 9.21. The van der Waals surface area contributed by atoms with Crippen LogP contribution in [0.1, 0.15) is 46.0 Å². The first-order valence-electron chi connectivity index (χ1n) is 9.21. The highest BCUT2D eigenvalue weighted by atomic mass is 16.3. The first kappa shape index (κ1) is 15.9. The van der Waals surface area contributed by atoms with Crippen LogP contribution in [0.15, 0.2) is 30.3 Å². The monoisotopic (exact) mass is 328 g/mol. The SMILES string of the molecule is CC(C)(Nc1ccccc1)C(=O)NC1[C@@H]2CC3C[C@H]1CC(O)(C3)C2. The second-order valence-electron chi connectivity index (χ2n) is 8.81. The molecule has 24 heavy (non-hydrogen) atoms. The average Bonchev–Trinajstić information content (AvgIpc) is 2.49. The quantitative estimate of drug-likeness (QED) is 0.796. The summed E-state index contributed by atoms with van der Waals surface area (Å²) in [7, 11) is 0. The van der Waals surface area contributed by atoms with Gasteiger partial charge in [-0.25, -0.2) is 0 Å². The van der Waals surface area contributed by atoms with Crippen molar-refractivity contribution in [3.05, 3.63) is 30.3 Å². The lowest BCUT2D eigenvalue weighted by Gasteiger charge is -2.58. The number of rotatable bonds is 4. The van der Waals surface area contributed by atoms with E-state index in [9.17, 15) is 9.90 Å². The Morgan fingerprint density at radius 2 is 1.75 bits per heavy atom.